The average molecular weight is 364 g/mol. The third kappa shape index (κ3) is 3.00. The van der Waals surface area contributed by atoms with E-state index in [1.54, 1.807) is 34.0 Å². The number of aromatic nitrogens is 3. The topological polar surface area (TPSA) is 51.8 Å². The van der Waals surface area contributed by atoms with Gasteiger partial charge in [-0.1, -0.05) is 17.8 Å². The van der Waals surface area contributed by atoms with E-state index in [9.17, 15) is 0 Å². The standard InChI is InChI=1S/C14H9N3OS4/c1-2-11(20-4-1)12-16-17-14(18-12)22-8-10-7-21-13(15-10)9-3-5-19-6-9/h1-7H,8H2. The molecule has 0 spiro atoms. The lowest BCUT2D eigenvalue weighted by atomic mass is 10.4. The zero-order valence-corrected chi connectivity index (χ0v) is 14.4. The van der Waals surface area contributed by atoms with Crippen molar-refractivity contribution in [2.75, 3.05) is 0 Å². The molecule has 0 saturated carbocycles. The van der Waals surface area contributed by atoms with Crippen molar-refractivity contribution >= 4 is 45.8 Å². The molecule has 0 amide bonds. The van der Waals surface area contributed by atoms with Crippen molar-refractivity contribution in [3.63, 3.8) is 0 Å². The molecular formula is C14H9N3OS4. The average Bonchev–Trinajstić information content (AvgIpc) is 3.33. The normalized spacial score (nSPS) is 11.1. The van der Waals surface area contributed by atoms with Crippen molar-refractivity contribution in [1.82, 2.24) is 15.2 Å². The highest BCUT2D eigenvalue weighted by Crippen LogP contribution is 2.30. The van der Waals surface area contributed by atoms with Crippen LogP contribution in [0, 0.1) is 0 Å². The quantitative estimate of drug-likeness (QED) is 0.452. The smallest absolute Gasteiger partial charge is 0.277 e. The molecule has 0 aliphatic heterocycles. The van der Waals surface area contributed by atoms with Gasteiger partial charge >= 0.3 is 0 Å². The summed E-state index contributed by atoms with van der Waals surface area (Å²) < 4.78 is 5.66. The Balaban J connectivity index is 1.43. The molecular weight excluding hydrogens is 354 g/mol. The van der Waals surface area contributed by atoms with Gasteiger partial charge in [0.25, 0.3) is 11.1 Å². The summed E-state index contributed by atoms with van der Waals surface area (Å²) in [4.78, 5) is 5.63. The summed E-state index contributed by atoms with van der Waals surface area (Å²) in [5.74, 6) is 1.31. The molecule has 0 saturated heterocycles. The van der Waals surface area contributed by atoms with Gasteiger partial charge in [-0.15, -0.1) is 32.9 Å². The highest BCUT2D eigenvalue weighted by atomic mass is 32.2. The second-order valence-corrected chi connectivity index (χ2v) is 7.81. The van der Waals surface area contributed by atoms with E-state index in [2.05, 4.69) is 37.4 Å². The Hall–Kier alpha value is -1.48. The summed E-state index contributed by atoms with van der Waals surface area (Å²) in [7, 11) is 0. The second kappa shape index (κ2) is 6.33. The van der Waals surface area contributed by atoms with Crippen molar-refractivity contribution in [2.45, 2.75) is 11.0 Å². The van der Waals surface area contributed by atoms with Crippen LogP contribution in [0.25, 0.3) is 21.3 Å². The Labute approximate surface area is 142 Å². The van der Waals surface area contributed by atoms with Gasteiger partial charge < -0.3 is 4.42 Å². The van der Waals surface area contributed by atoms with Crippen molar-refractivity contribution in [3.05, 3.63) is 45.4 Å². The van der Waals surface area contributed by atoms with Gasteiger partial charge in [-0.2, -0.15) is 11.3 Å². The van der Waals surface area contributed by atoms with Crippen molar-refractivity contribution in [3.8, 4) is 21.3 Å². The number of nitrogens with zero attached hydrogens (tertiary/aromatic N) is 3. The van der Waals surface area contributed by atoms with E-state index in [1.807, 2.05) is 17.5 Å². The van der Waals surface area contributed by atoms with Gasteiger partial charge in [0.1, 0.15) is 5.01 Å². The van der Waals surface area contributed by atoms with Crippen molar-refractivity contribution < 1.29 is 4.42 Å². The van der Waals surface area contributed by atoms with E-state index in [0.29, 0.717) is 11.1 Å². The van der Waals surface area contributed by atoms with E-state index in [0.717, 1.165) is 21.3 Å². The molecule has 4 nitrogen and oxygen atoms in total. The molecule has 0 aliphatic carbocycles. The Bertz CT molecular complexity index is 776. The molecule has 8 heteroatoms. The predicted octanol–water partition coefficient (Wildman–Crippen LogP) is 5.28. The van der Waals surface area contributed by atoms with Crippen LogP contribution in [0.2, 0.25) is 0 Å². The molecule has 0 radical (unpaired) electrons. The first kappa shape index (κ1) is 14.1. The number of thiophene rings is 2. The molecule has 0 atom stereocenters. The number of thiazole rings is 1. The van der Waals surface area contributed by atoms with Gasteiger partial charge in [-0.25, -0.2) is 4.98 Å². The fraction of sp³-hybridized carbons (Fsp3) is 0.0714. The minimum absolute atomic E-state index is 0.577. The molecule has 0 N–H and O–H groups in total. The summed E-state index contributed by atoms with van der Waals surface area (Å²) in [5, 5.41) is 18.0. The van der Waals surface area contributed by atoms with Gasteiger partial charge in [0, 0.05) is 22.1 Å². The summed E-state index contributed by atoms with van der Waals surface area (Å²) in [6.45, 7) is 0. The Morgan fingerprint density at radius 3 is 2.91 bits per heavy atom. The van der Waals surface area contributed by atoms with Crippen LogP contribution >= 0.6 is 45.8 Å². The monoisotopic (exact) mass is 363 g/mol. The summed E-state index contributed by atoms with van der Waals surface area (Å²) in [6.07, 6.45) is 0. The van der Waals surface area contributed by atoms with Crippen LogP contribution in [0.3, 0.4) is 0 Å². The number of hydrogen-bond acceptors (Lipinski definition) is 8. The molecule has 22 heavy (non-hydrogen) atoms. The molecule has 4 aromatic rings. The van der Waals surface area contributed by atoms with Crippen LogP contribution in [-0.2, 0) is 5.75 Å². The summed E-state index contributed by atoms with van der Waals surface area (Å²) >= 11 is 6.45. The number of thioether (sulfide) groups is 1. The van der Waals surface area contributed by atoms with Gasteiger partial charge in [0.15, 0.2) is 0 Å². The molecule has 0 aromatic carbocycles. The van der Waals surface area contributed by atoms with E-state index in [1.165, 1.54) is 17.3 Å². The minimum Gasteiger partial charge on any atom is -0.410 e. The van der Waals surface area contributed by atoms with Crippen LogP contribution in [-0.4, -0.2) is 15.2 Å². The molecule has 0 aliphatic rings. The summed E-state index contributed by atoms with van der Waals surface area (Å²) in [5.41, 5.74) is 2.22. The molecule has 4 heterocycles. The van der Waals surface area contributed by atoms with Crippen LogP contribution in [0.4, 0.5) is 0 Å². The highest BCUT2D eigenvalue weighted by Gasteiger charge is 2.11. The zero-order valence-electron chi connectivity index (χ0n) is 11.1. The predicted molar refractivity (Wildman–Crippen MR) is 92.6 cm³/mol. The van der Waals surface area contributed by atoms with Gasteiger partial charge in [-0.05, 0) is 22.9 Å². The Morgan fingerprint density at radius 2 is 2.09 bits per heavy atom. The van der Waals surface area contributed by atoms with Gasteiger partial charge in [0.05, 0.1) is 10.6 Å². The first-order valence-electron chi connectivity index (χ1n) is 6.35. The van der Waals surface area contributed by atoms with Gasteiger partial charge in [-0.3, -0.25) is 0 Å². The van der Waals surface area contributed by atoms with Crippen LogP contribution in [0.1, 0.15) is 5.69 Å². The lowest BCUT2D eigenvalue weighted by Crippen LogP contribution is -1.81. The van der Waals surface area contributed by atoms with E-state index in [-0.39, 0.29) is 0 Å². The fourth-order valence-electron chi connectivity index (χ4n) is 1.80. The summed E-state index contributed by atoms with van der Waals surface area (Å²) in [6, 6.07) is 6.03. The minimum atomic E-state index is 0.577. The molecule has 0 bridgehead atoms. The van der Waals surface area contributed by atoms with Crippen LogP contribution < -0.4 is 0 Å². The molecule has 0 unspecified atom stereocenters. The van der Waals surface area contributed by atoms with E-state index < -0.39 is 0 Å². The fourth-order valence-corrected chi connectivity index (χ4v) is 4.73. The van der Waals surface area contributed by atoms with Gasteiger partial charge in [0.2, 0.25) is 0 Å². The van der Waals surface area contributed by atoms with E-state index >= 15 is 0 Å². The zero-order chi connectivity index (χ0) is 14.8. The maximum absolute atomic E-state index is 5.66. The van der Waals surface area contributed by atoms with Crippen LogP contribution in [0.5, 0.6) is 0 Å². The maximum atomic E-state index is 5.66. The van der Waals surface area contributed by atoms with Crippen LogP contribution in [0.15, 0.2) is 49.4 Å². The first-order valence-corrected chi connectivity index (χ1v) is 10.0. The Morgan fingerprint density at radius 1 is 1.09 bits per heavy atom. The highest BCUT2D eigenvalue weighted by molar-refractivity contribution is 7.98. The maximum Gasteiger partial charge on any atom is 0.277 e. The largest absolute Gasteiger partial charge is 0.410 e. The Kier molecular flexibility index (Phi) is 4.07. The molecule has 110 valence electrons. The number of hydrogen-bond donors (Lipinski definition) is 0. The molecule has 4 rings (SSSR count). The van der Waals surface area contributed by atoms with Crippen molar-refractivity contribution in [2.24, 2.45) is 0 Å². The number of rotatable bonds is 5. The first-order chi connectivity index (χ1) is 10.9. The lowest BCUT2D eigenvalue weighted by molar-refractivity contribution is 0.466. The third-order valence-corrected chi connectivity index (χ3v) is 6.14. The lowest BCUT2D eigenvalue weighted by Gasteiger charge is -1.92. The SMILES string of the molecule is c1csc(-c2nnc(SCc3csc(-c4ccsc4)n3)o2)c1. The second-order valence-electron chi connectivity index (χ2n) is 4.30. The van der Waals surface area contributed by atoms with E-state index in [4.69, 9.17) is 4.42 Å². The molecule has 4 aromatic heterocycles. The van der Waals surface area contributed by atoms with Crippen molar-refractivity contribution in [1.29, 1.82) is 0 Å². The molecule has 0 fully saturated rings. The third-order valence-electron chi connectivity index (χ3n) is 2.80.